The van der Waals surface area contributed by atoms with Gasteiger partial charge in [0.25, 0.3) is 0 Å². The molecule has 1 aromatic rings. The van der Waals surface area contributed by atoms with Crippen LogP contribution in [0, 0.1) is 17.3 Å². The van der Waals surface area contributed by atoms with Gasteiger partial charge < -0.3 is 9.16 Å². The number of allylic oxidation sites excluding steroid dienone is 1. The summed E-state index contributed by atoms with van der Waals surface area (Å²) in [7, 11) is -1.79. The SMILES string of the molecule is C=C(C)[C@@H]1C[C@H]([C@H](CO[Si](C)(C)C(C)(C)C)OCc2ccccc2)C1(C)C. The van der Waals surface area contributed by atoms with E-state index in [0.717, 1.165) is 6.42 Å². The van der Waals surface area contributed by atoms with Gasteiger partial charge in [-0.25, -0.2) is 0 Å². The van der Waals surface area contributed by atoms with Crippen LogP contribution < -0.4 is 0 Å². The van der Waals surface area contributed by atoms with Crippen molar-refractivity contribution in [3.05, 3.63) is 48.0 Å². The van der Waals surface area contributed by atoms with Gasteiger partial charge in [-0.05, 0) is 54.3 Å². The van der Waals surface area contributed by atoms with Crippen molar-refractivity contribution in [2.45, 2.75) is 78.8 Å². The first kappa shape index (κ1) is 22.4. The van der Waals surface area contributed by atoms with E-state index in [9.17, 15) is 0 Å². The lowest BCUT2D eigenvalue weighted by Gasteiger charge is -2.56. The first-order valence-corrected chi connectivity index (χ1v) is 13.2. The Hall–Kier alpha value is -0.903. The van der Waals surface area contributed by atoms with E-state index in [-0.39, 0.29) is 16.6 Å². The molecule has 0 bridgehead atoms. The van der Waals surface area contributed by atoms with Gasteiger partial charge in [0.15, 0.2) is 8.32 Å². The molecule has 1 aliphatic carbocycles. The molecule has 27 heavy (non-hydrogen) atoms. The van der Waals surface area contributed by atoms with Crippen molar-refractivity contribution in [2.24, 2.45) is 17.3 Å². The van der Waals surface area contributed by atoms with Crippen LogP contribution in [-0.4, -0.2) is 21.0 Å². The Labute approximate surface area is 168 Å². The van der Waals surface area contributed by atoms with Crippen LogP contribution in [0.5, 0.6) is 0 Å². The smallest absolute Gasteiger partial charge is 0.192 e. The van der Waals surface area contributed by atoms with Crippen LogP contribution in [0.4, 0.5) is 0 Å². The average Bonchev–Trinajstić information content (AvgIpc) is 2.55. The van der Waals surface area contributed by atoms with Gasteiger partial charge in [0.1, 0.15) is 0 Å². The highest BCUT2D eigenvalue weighted by Gasteiger charge is 2.52. The maximum Gasteiger partial charge on any atom is 0.192 e. The Morgan fingerprint density at radius 2 is 1.81 bits per heavy atom. The summed E-state index contributed by atoms with van der Waals surface area (Å²) >= 11 is 0. The molecule has 1 aliphatic rings. The lowest BCUT2D eigenvalue weighted by molar-refractivity contribution is -0.127. The molecule has 0 N–H and O–H groups in total. The minimum Gasteiger partial charge on any atom is -0.414 e. The third-order valence-corrected chi connectivity index (χ3v) is 11.6. The molecule has 1 fully saturated rings. The summed E-state index contributed by atoms with van der Waals surface area (Å²) in [6.45, 7) is 24.0. The molecular weight excluding hydrogens is 348 g/mol. The number of hydrogen-bond acceptors (Lipinski definition) is 2. The summed E-state index contributed by atoms with van der Waals surface area (Å²) in [6, 6.07) is 10.5. The van der Waals surface area contributed by atoms with E-state index in [4.69, 9.17) is 9.16 Å². The molecule has 0 aromatic heterocycles. The molecule has 0 spiro atoms. The van der Waals surface area contributed by atoms with Crippen LogP contribution >= 0.6 is 0 Å². The van der Waals surface area contributed by atoms with Crippen molar-refractivity contribution in [3.63, 3.8) is 0 Å². The Kier molecular flexibility index (Phi) is 6.82. The molecule has 152 valence electrons. The third-order valence-electron chi connectivity index (χ3n) is 7.11. The fourth-order valence-electron chi connectivity index (χ4n) is 3.99. The Bertz CT molecular complexity index is 628. The minimum absolute atomic E-state index is 0.130. The standard InChI is InChI=1S/C24H40O2Si/c1-18(2)20-15-21(24(20,6)7)22(17-26-27(8,9)23(3,4)5)25-16-19-13-11-10-12-14-19/h10-14,20-22H,1,15-17H2,2-9H3/t20-,21+,22-/m0/s1. The van der Waals surface area contributed by atoms with Crippen LogP contribution in [0.1, 0.15) is 53.5 Å². The molecular formula is C24H40O2Si. The second-order valence-corrected chi connectivity index (χ2v) is 15.3. The van der Waals surface area contributed by atoms with Crippen LogP contribution in [0.3, 0.4) is 0 Å². The highest BCUT2D eigenvalue weighted by atomic mass is 28.4. The van der Waals surface area contributed by atoms with Gasteiger partial charge in [0, 0.05) is 0 Å². The second-order valence-electron chi connectivity index (χ2n) is 10.5. The molecule has 0 unspecified atom stereocenters. The van der Waals surface area contributed by atoms with E-state index in [1.54, 1.807) is 0 Å². The van der Waals surface area contributed by atoms with E-state index in [1.165, 1.54) is 11.1 Å². The number of benzene rings is 1. The Morgan fingerprint density at radius 1 is 1.22 bits per heavy atom. The number of hydrogen-bond donors (Lipinski definition) is 0. The fraction of sp³-hybridized carbons (Fsp3) is 0.667. The zero-order valence-corrected chi connectivity index (χ0v) is 19.8. The van der Waals surface area contributed by atoms with Gasteiger partial charge in [-0.1, -0.05) is 77.1 Å². The maximum absolute atomic E-state index is 6.58. The van der Waals surface area contributed by atoms with E-state index < -0.39 is 8.32 Å². The lowest BCUT2D eigenvalue weighted by Crippen LogP contribution is -2.54. The van der Waals surface area contributed by atoms with Crippen molar-refractivity contribution in [1.29, 1.82) is 0 Å². The topological polar surface area (TPSA) is 18.5 Å². The van der Waals surface area contributed by atoms with Crippen molar-refractivity contribution in [1.82, 2.24) is 0 Å². The first-order chi connectivity index (χ1) is 12.4. The molecule has 1 saturated carbocycles. The van der Waals surface area contributed by atoms with Gasteiger partial charge in [-0.15, -0.1) is 0 Å². The highest BCUT2D eigenvalue weighted by molar-refractivity contribution is 6.74. The van der Waals surface area contributed by atoms with Crippen LogP contribution in [0.2, 0.25) is 18.1 Å². The fourth-order valence-corrected chi connectivity index (χ4v) is 5.01. The molecule has 1 aromatic carbocycles. The van der Waals surface area contributed by atoms with E-state index in [2.05, 4.69) is 85.5 Å². The molecule has 0 saturated heterocycles. The zero-order valence-electron chi connectivity index (χ0n) is 18.8. The first-order valence-electron chi connectivity index (χ1n) is 10.3. The predicted octanol–water partition coefficient (Wildman–Crippen LogP) is 6.83. The second kappa shape index (κ2) is 8.22. The Balaban J connectivity index is 2.10. The molecule has 0 amide bonds. The van der Waals surface area contributed by atoms with Crippen molar-refractivity contribution < 1.29 is 9.16 Å². The van der Waals surface area contributed by atoms with Gasteiger partial charge >= 0.3 is 0 Å². The van der Waals surface area contributed by atoms with Gasteiger partial charge in [-0.2, -0.15) is 0 Å². The normalized spacial score (nSPS) is 23.6. The average molecular weight is 389 g/mol. The molecule has 2 rings (SSSR count). The van der Waals surface area contributed by atoms with Crippen molar-refractivity contribution in [2.75, 3.05) is 6.61 Å². The van der Waals surface area contributed by atoms with Crippen molar-refractivity contribution in [3.8, 4) is 0 Å². The van der Waals surface area contributed by atoms with Gasteiger partial charge in [-0.3, -0.25) is 0 Å². The maximum atomic E-state index is 6.58. The molecule has 3 atom stereocenters. The molecule has 0 heterocycles. The molecule has 2 nitrogen and oxygen atoms in total. The summed E-state index contributed by atoms with van der Waals surface area (Å²) in [5.41, 5.74) is 2.73. The van der Waals surface area contributed by atoms with Gasteiger partial charge in [0.2, 0.25) is 0 Å². The van der Waals surface area contributed by atoms with Crippen LogP contribution in [-0.2, 0) is 15.8 Å². The van der Waals surface area contributed by atoms with E-state index in [1.807, 2.05) is 6.07 Å². The quantitative estimate of drug-likeness (QED) is 0.359. The number of rotatable bonds is 8. The molecule has 0 aliphatic heterocycles. The monoisotopic (exact) mass is 388 g/mol. The molecule has 3 heteroatoms. The van der Waals surface area contributed by atoms with Crippen LogP contribution in [0.25, 0.3) is 0 Å². The summed E-state index contributed by atoms with van der Waals surface area (Å²) in [4.78, 5) is 0. The predicted molar refractivity (Wildman–Crippen MR) is 118 cm³/mol. The zero-order chi connectivity index (χ0) is 20.5. The van der Waals surface area contributed by atoms with E-state index in [0.29, 0.717) is 25.0 Å². The van der Waals surface area contributed by atoms with Crippen molar-refractivity contribution >= 4 is 8.32 Å². The summed E-state index contributed by atoms with van der Waals surface area (Å²) in [6.07, 6.45) is 1.28. The third kappa shape index (κ3) is 5.13. The Morgan fingerprint density at radius 3 is 2.30 bits per heavy atom. The largest absolute Gasteiger partial charge is 0.414 e. The lowest BCUT2D eigenvalue weighted by atomic mass is 9.51. The summed E-state index contributed by atoms with van der Waals surface area (Å²) < 4.78 is 13.1. The van der Waals surface area contributed by atoms with Gasteiger partial charge in [0.05, 0.1) is 19.3 Å². The van der Waals surface area contributed by atoms with E-state index >= 15 is 0 Å². The van der Waals surface area contributed by atoms with Crippen LogP contribution in [0.15, 0.2) is 42.5 Å². The minimum atomic E-state index is -1.79. The summed E-state index contributed by atoms with van der Waals surface area (Å²) in [5, 5.41) is 0.215. The highest BCUT2D eigenvalue weighted by Crippen LogP contribution is 2.56. The molecule has 0 radical (unpaired) electrons. The number of ether oxygens (including phenoxy) is 1. The summed E-state index contributed by atoms with van der Waals surface area (Å²) in [5.74, 6) is 1.09.